The van der Waals surface area contributed by atoms with Crippen LogP contribution in [0.2, 0.25) is 10.0 Å². The molecule has 0 radical (unpaired) electrons. The summed E-state index contributed by atoms with van der Waals surface area (Å²) in [5.41, 5.74) is 0.758. The molecule has 0 saturated heterocycles. The van der Waals surface area contributed by atoms with Crippen LogP contribution < -0.4 is 5.32 Å². The first-order valence-electron chi connectivity index (χ1n) is 7.12. The van der Waals surface area contributed by atoms with Crippen LogP contribution in [0.4, 0.5) is 0 Å². The molecule has 124 valence electrons. The molecule has 0 fully saturated rings. The maximum absolute atomic E-state index is 11.0. The lowest BCUT2D eigenvalue weighted by Crippen LogP contribution is -2.17. The third-order valence-corrected chi connectivity index (χ3v) is 5.04. The first-order chi connectivity index (χ1) is 11.5. The number of benzene rings is 1. The molecule has 0 spiro atoms. The van der Waals surface area contributed by atoms with E-state index in [-0.39, 0.29) is 5.91 Å². The Bertz CT molecular complexity index is 856. The summed E-state index contributed by atoms with van der Waals surface area (Å²) in [6, 6.07) is 9.16. The van der Waals surface area contributed by atoms with Gasteiger partial charge in [-0.1, -0.05) is 34.4 Å². The fourth-order valence-corrected chi connectivity index (χ4v) is 3.49. The van der Waals surface area contributed by atoms with E-state index in [1.807, 2.05) is 12.1 Å². The van der Waals surface area contributed by atoms with E-state index >= 15 is 0 Å². The standard InChI is InChI=1S/C16H13Cl2N3O2S/c1-9(22)19-8-10-5-6-14(24-10)16-20-15(23-21-16)7-11-12(17)3-2-4-13(11)18/h2-6H,7-8H2,1H3,(H,19,22). The van der Waals surface area contributed by atoms with Crippen molar-refractivity contribution in [2.24, 2.45) is 0 Å². The molecule has 1 amide bonds. The van der Waals surface area contributed by atoms with Crippen LogP contribution in [0.1, 0.15) is 23.3 Å². The normalized spacial score (nSPS) is 10.8. The van der Waals surface area contributed by atoms with E-state index in [1.54, 1.807) is 18.2 Å². The topological polar surface area (TPSA) is 68.0 Å². The number of amides is 1. The summed E-state index contributed by atoms with van der Waals surface area (Å²) in [6.07, 6.45) is 0.371. The Labute approximate surface area is 152 Å². The van der Waals surface area contributed by atoms with Crippen LogP contribution in [-0.4, -0.2) is 16.0 Å². The van der Waals surface area contributed by atoms with E-state index in [0.29, 0.717) is 34.7 Å². The number of thiophene rings is 1. The zero-order valence-corrected chi connectivity index (χ0v) is 15.0. The second-order valence-electron chi connectivity index (χ2n) is 5.06. The molecule has 24 heavy (non-hydrogen) atoms. The smallest absolute Gasteiger partial charge is 0.231 e. The molecule has 3 rings (SSSR count). The van der Waals surface area contributed by atoms with Crippen molar-refractivity contribution in [1.29, 1.82) is 0 Å². The number of carbonyl (C=O) groups is 1. The van der Waals surface area contributed by atoms with Gasteiger partial charge in [0.15, 0.2) is 0 Å². The second kappa shape index (κ2) is 7.34. The molecule has 0 atom stereocenters. The lowest BCUT2D eigenvalue weighted by molar-refractivity contribution is -0.119. The fraction of sp³-hybridized carbons (Fsp3) is 0.188. The van der Waals surface area contributed by atoms with Gasteiger partial charge in [-0.3, -0.25) is 4.79 Å². The maximum Gasteiger partial charge on any atom is 0.231 e. The molecule has 0 aliphatic rings. The van der Waals surface area contributed by atoms with Crippen molar-refractivity contribution in [3.63, 3.8) is 0 Å². The van der Waals surface area contributed by atoms with Crippen LogP contribution in [0.5, 0.6) is 0 Å². The molecule has 0 aliphatic heterocycles. The van der Waals surface area contributed by atoms with Crippen LogP contribution in [0.25, 0.3) is 10.7 Å². The SMILES string of the molecule is CC(=O)NCc1ccc(-c2noc(Cc3c(Cl)cccc3Cl)n2)s1. The van der Waals surface area contributed by atoms with Gasteiger partial charge < -0.3 is 9.84 Å². The highest BCUT2D eigenvalue weighted by molar-refractivity contribution is 7.15. The van der Waals surface area contributed by atoms with Crippen LogP contribution in [0.15, 0.2) is 34.9 Å². The largest absolute Gasteiger partial charge is 0.351 e. The van der Waals surface area contributed by atoms with E-state index in [0.717, 1.165) is 15.3 Å². The molecule has 5 nitrogen and oxygen atoms in total. The van der Waals surface area contributed by atoms with Gasteiger partial charge in [0.25, 0.3) is 0 Å². The number of rotatable bonds is 5. The van der Waals surface area contributed by atoms with Crippen LogP contribution >= 0.6 is 34.5 Å². The van der Waals surface area contributed by atoms with Gasteiger partial charge in [-0.15, -0.1) is 11.3 Å². The minimum absolute atomic E-state index is 0.0663. The molecule has 0 saturated carbocycles. The lowest BCUT2D eigenvalue weighted by Gasteiger charge is -2.02. The predicted octanol–water partition coefficient (Wildman–Crippen LogP) is 4.33. The third kappa shape index (κ3) is 3.95. The zero-order chi connectivity index (χ0) is 17.1. The summed E-state index contributed by atoms with van der Waals surface area (Å²) in [5.74, 6) is 0.882. The summed E-state index contributed by atoms with van der Waals surface area (Å²) in [6.45, 7) is 1.97. The molecule has 0 bridgehead atoms. The van der Waals surface area contributed by atoms with Gasteiger partial charge >= 0.3 is 0 Å². The second-order valence-corrected chi connectivity index (χ2v) is 7.05. The van der Waals surface area contributed by atoms with Gasteiger partial charge in [0.05, 0.1) is 17.8 Å². The Balaban J connectivity index is 1.75. The van der Waals surface area contributed by atoms with Crippen LogP contribution in [-0.2, 0) is 17.8 Å². The summed E-state index contributed by atoms with van der Waals surface area (Å²) in [4.78, 5) is 17.2. The maximum atomic E-state index is 11.0. The van der Waals surface area contributed by atoms with Crippen LogP contribution in [0.3, 0.4) is 0 Å². The molecule has 8 heteroatoms. The average molecular weight is 382 g/mol. The molecular weight excluding hydrogens is 369 g/mol. The Hall–Kier alpha value is -1.89. The van der Waals surface area contributed by atoms with Gasteiger partial charge in [-0.2, -0.15) is 4.98 Å². The lowest BCUT2D eigenvalue weighted by atomic mass is 10.1. The Morgan fingerprint density at radius 1 is 1.25 bits per heavy atom. The number of nitrogens with zero attached hydrogens (tertiary/aromatic N) is 2. The number of nitrogens with one attached hydrogen (secondary N) is 1. The summed E-state index contributed by atoms with van der Waals surface area (Å²) >= 11 is 13.8. The minimum Gasteiger partial charge on any atom is -0.351 e. The molecular formula is C16H13Cl2N3O2S. The first kappa shape index (κ1) is 17.0. The summed E-state index contributed by atoms with van der Waals surface area (Å²) in [7, 11) is 0. The zero-order valence-electron chi connectivity index (χ0n) is 12.7. The van der Waals surface area contributed by atoms with Crippen molar-refractivity contribution < 1.29 is 9.32 Å². The van der Waals surface area contributed by atoms with E-state index < -0.39 is 0 Å². The highest BCUT2D eigenvalue weighted by Crippen LogP contribution is 2.29. The highest BCUT2D eigenvalue weighted by atomic mass is 35.5. The van der Waals surface area contributed by atoms with Gasteiger partial charge in [0.2, 0.25) is 17.6 Å². The fourth-order valence-electron chi connectivity index (χ4n) is 2.08. The number of carbonyl (C=O) groups excluding carboxylic acids is 1. The van der Waals surface area contributed by atoms with E-state index in [2.05, 4.69) is 15.5 Å². The van der Waals surface area contributed by atoms with Crippen molar-refractivity contribution in [1.82, 2.24) is 15.5 Å². The molecule has 0 unspecified atom stereocenters. The number of hydrogen-bond acceptors (Lipinski definition) is 5. The van der Waals surface area contributed by atoms with Crippen molar-refractivity contribution >= 4 is 40.4 Å². The van der Waals surface area contributed by atoms with Crippen molar-refractivity contribution in [3.05, 3.63) is 56.7 Å². The minimum atomic E-state index is -0.0663. The van der Waals surface area contributed by atoms with Crippen molar-refractivity contribution in [3.8, 4) is 10.7 Å². The van der Waals surface area contributed by atoms with Crippen LogP contribution in [0, 0.1) is 0 Å². The predicted molar refractivity (Wildman–Crippen MR) is 94.4 cm³/mol. The van der Waals surface area contributed by atoms with Gasteiger partial charge in [0, 0.05) is 21.8 Å². The quantitative estimate of drug-likeness (QED) is 0.713. The summed E-state index contributed by atoms with van der Waals surface area (Å²) in [5, 5.41) is 7.89. The van der Waals surface area contributed by atoms with E-state index in [1.165, 1.54) is 18.3 Å². The Morgan fingerprint density at radius 2 is 2.00 bits per heavy atom. The molecule has 2 aromatic heterocycles. The van der Waals surface area contributed by atoms with E-state index in [4.69, 9.17) is 27.7 Å². The number of hydrogen-bond donors (Lipinski definition) is 1. The first-order valence-corrected chi connectivity index (χ1v) is 8.69. The molecule has 2 heterocycles. The molecule has 0 aliphatic carbocycles. The van der Waals surface area contributed by atoms with Gasteiger partial charge in [0.1, 0.15) is 0 Å². The van der Waals surface area contributed by atoms with Crippen molar-refractivity contribution in [2.75, 3.05) is 0 Å². The highest BCUT2D eigenvalue weighted by Gasteiger charge is 2.14. The Morgan fingerprint density at radius 3 is 2.71 bits per heavy atom. The van der Waals surface area contributed by atoms with Crippen molar-refractivity contribution in [2.45, 2.75) is 19.9 Å². The Kier molecular flexibility index (Phi) is 5.18. The van der Waals surface area contributed by atoms with E-state index in [9.17, 15) is 4.79 Å². The van der Waals surface area contributed by atoms with Gasteiger partial charge in [-0.25, -0.2) is 0 Å². The number of halogens is 2. The third-order valence-electron chi connectivity index (χ3n) is 3.25. The molecule has 1 N–H and O–H groups in total. The average Bonchev–Trinajstić information content (AvgIpc) is 3.18. The molecule has 3 aromatic rings. The summed E-state index contributed by atoms with van der Waals surface area (Å²) < 4.78 is 5.30. The number of aromatic nitrogens is 2. The molecule has 1 aromatic carbocycles. The van der Waals surface area contributed by atoms with Gasteiger partial charge in [-0.05, 0) is 29.8 Å². The monoisotopic (exact) mass is 381 g/mol.